The summed E-state index contributed by atoms with van der Waals surface area (Å²) in [6.45, 7) is 2.96. The van der Waals surface area contributed by atoms with Gasteiger partial charge in [0.1, 0.15) is 28.9 Å². The van der Waals surface area contributed by atoms with E-state index in [2.05, 4.69) is 8.37 Å². The van der Waals surface area contributed by atoms with Crippen LogP contribution in [-0.2, 0) is 35.6 Å². The summed E-state index contributed by atoms with van der Waals surface area (Å²) in [4.78, 5) is 0. The number of halogens is 8. The van der Waals surface area contributed by atoms with Crippen LogP contribution in [0, 0.1) is 17.7 Å². The zero-order valence-corrected chi connectivity index (χ0v) is 26.1. The van der Waals surface area contributed by atoms with Crippen LogP contribution in [0.25, 0.3) is 10.8 Å². The third kappa shape index (κ3) is 8.36. The minimum atomic E-state index is -5.93. The first-order chi connectivity index (χ1) is 21.7. The van der Waals surface area contributed by atoms with Crippen molar-refractivity contribution in [1.29, 1.82) is 0 Å². The fourth-order valence-corrected chi connectivity index (χ4v) is 5.62. The van der Waals surface area contributed by atoms with E-state index in [4.69, 9.17) is 9.47 Å². The van der Waals surface area contributed by atoms with Gasteiger partial charge in [-0.2, -0.15) is 43.2 Å². The Hall–Kier alpha value is -3.84. The predicted octanol–water partition coefficient (Wildman–Crippen LogP) is 7.38. The minimum absolute atomic E-state index is 0.00962. The van der Waals surface area contributed by atoms with Gasteiger partial charge in [0.15, 0.2) is 12.5 Å². The number of aryl methyl sites for hydroxylation is 1. The lowest BCUT2D eigenvalue weighted by atomic mass is 9.76. The summed E-state index contributed by atoms with van der Waals surface area (Å²) in [7, 11) is -10.5. The Morgan fingerprint density at radius 3 is 2.04 bits per heavy atom. The van der Waals surface area contributed by atoms with Gasteiger partial charge in [0, 0.05) is 30.6 Å². The molecule has 0 amide bonds. The van der Waals surface area contributed by atoms with Crippen molar-refractivity contribution in [1.82, 2.24) is 0 Å². The van der Waals surface area contributed by atoms with E-state index in [0.29, 0.717) is 0 Å². The van der Waals surface area contributed by atoms with E-state index in [-0.39, 0.29) is 47.3 Å². The second-order valence-corrected chi connectivity index (χ2v) is 12.8. The van der Waals surface area contributed by atoms with Gasteiger partial charge in [-0.1, -0.05) is 26.0 Å². The maximum atomic E-state index is 14.0. The Morgan fingerprint density at radius 2 is 1.49 bits per heavy atom. The van der Waals surface area contributed by atoms with Gasteiger partial charge >= 0.3 is 31.3 Å². The van der Waals surface area contributed by atoms with Gasteiger partial charge in [-0.3, -0.25) is 0 Å². The maximum absolute atomic E-state index is 14.0. The second kappa shape index (κ2) is 14.1. The first-order valence-corrected chi connectivity index (χ1v) is 16.1. The zero-order valence-electron chi connectivity index (χ0n) is 24.4. The molecule has 0 spiro atoms. The summed E-state index contributed by atoms with van der Waals surface area (Å²) in [5.41, 5.74) is -10.9. The molecule has 9 nitrogen and oxygen atoms in total. The first kappa shape index (κ1) is 37.6. The Kier molecular flexibility index (Phi) is 11.3. The van der Waals surface area contributed by atoms with Gasteiger partial charge in [-0.25, -0.2) is 8.78 Å². The molecule has 0 fully saturated rings. The van der Waals surface area contributed by atoms with Crippen LogP contribution in [0.4, 0.5) is 35.1 Å². The monoisotopic (exact) mass is 722 g/mol. The highest BCUT2D eigenvalue weighted by molar-refractivity contribution is 7.88. The number of alkyl halides is 6. The number of hydrogen-bond donors (Lipinski definition) is 1. The lowest BCUT2D eigenvalue weighted by molar-refractivity contribution is -0.0528. The molecule has 0 bridgehead atoms. The van der Waals surface area contributed by atoms with Crippen molar-refractivity contribution in [2.75, 3.05) is 13.9 Å². The minimum Gasteiger partial charge on any atom is -0.508 e. The van der Waals surface area contributed by atoms with E-state index in [0.717, 1.165) is 24.3 Å². The van der Waals surface area contributed by atoms with Crippen molar-refractivity contribution in [3.05, 3.63) is 82.9 Å². The third-order valence-electron chi connectivity index (χ3n) is 6.68. The number of aliphatic hydroxyl groups excluding tert-OH is 1. The van der Waals surface area contributed by atoms with Crippen LogP contribution in [0.1, 0.15) is 25.8 Å². The van der Waals surface area contributed by atoms with E-state index >= 15 is 0 Å². The molecule has 1 N–H and O–H groups in total. The molecule has 0 saturated heterocycles. The molecular formula is C28H26F8O9S2. The average Bonchev–Trinajstić information content (AvgIpc) is 2.95. The van der Waals surface area contributed by atoms with E-state index < -0.39 is 72.0 Å². The van der Waals surface area contributed by atoms with Crippen LogP contribution < -0.4 is 8.92 Å². The molecule has 2 aromatic carbocycles. The standard InChI is InChI=1S/C15H14F4O5S.C13H12F4O4S/c1-3-11-12(16)5-4-9-6-10(23-8-22-2)7-13(14(9)11)24-25(20,21)15(17,18)19;1-2-9-10(14)4-3-7-5-8(18)6-11(12(7)9)21-22(19,20)13(15,16)17/h4-7H,3,8H2,1-2H3;3-6,9,12,18H,2H2,1H3. The van der Waals surface area contributed by atoms with Crippen molar-refractivity contribution < 1.29 is 74.9 Å². The smallest absolute Gasteiger partial charge is 0.508 e. The van der Waals surface area contributed by atoms with Gasteiger partial charge in [0.25, 0.3) is 0 Å². The number of aliphatic hydroxyl groups is 1. The Labute approximate surface area is 263 Å². The maximum Gasteiger partial charge on any atom is 0.534 e. The number of hydrogen-bond acceptors (Lipinski definition) is 9. The quantitative estimate of drug-likeness (QED) is 0.122. The summed E-state index contributed by atoms with van der Waals surface area (Å²) in [5, 5.41) is 9.71. The zero-order chi connectivity index (χ0) is 35.5. The number of fused-ring (bicyclic) bond motifs is 2. The van der Waals surface area contributed by atoms with Crippen molar-refractivity contribution in [2.45, 2.75) is 37.7 Å². The van der Waals surface area contributed by atoms with Crippen LogP contribution in [-0.4, -0.2) is 46.9 Å². The molecular weight excluding hydrogens is 696 g/mol. The van der Waals surface area contributed by atoms with Crippen molar-refractivity contribution in [3.8, 4) is 11.5 Å². The highest BCUT2D eigenvalue weighted by atomic mass is 32.2. The van der Waals surface area contributed by atoms with Gasteiger partial charge in [0.05, 0.1) is 5.92 Å². The van der Waals surface area contributed by atoms with Crippen LogP contribution in [0.2, 0.25) is 0 Å². The fraction of sp³-hybridized carbons (Fsp3) is 0.357. The van der Waals surface area contributed by atoms with Gasteiger partial charge in [-0.15, -0.1) is 0 Å². The molecule has 0 aromatic heterocycles. The Bertz CT molecular complexity index is 1840. The highest BCUT2D eigenvalue weighted by Gasteiger charge is 2.51. The molecule has 47 heavy (non-hydrogen) atoms. The molecule has 4 rings (SSSR count). The summed E-state index contributed by atoms with van der Waals surface area (Å²) >= 11 is 0. The molecule has 0 heterocycles. The fourth-order valence-electron chi connectivity index (χ4n) is 4.66. The van der Waals surface area contributed by atoms with E-state index in [1.807, 2.05) is 0 Å². The molecule has 0 aliphatic heterocycles. The largest absolute Gasteiger partial charge is 0.534 e. The molecule has 2 unspecified atom stereocenters. The summed E-state index contributed by atoms with van der Waals surface area (Å²) < 4.78 is 166. The van der Waals surface area contributed by atoms with Crippen LogP contribution in [0.15, 0.2) is 71.5 Å². The molecule has 0 saturated carbocycles. The lowest BCUT2D eigenvalue weighted by Crippen LogP contribution is -2.31. The van der Waals surface area contributed by atoms with Gasteiger partial charge < -0.3 is 22.9 Å². The summed E-state index contributed by atoms with van der Waals surface area (Å²) in [6, 6.07) is 4.78. The lowest BCUT2D eigenvalue weighted by Gasteiger charge is -2.32. The van der Waals surface area contributed by atoms with Crippen LogP contribution >= 0.6 is 0 Å². The molecule has 19 heteroatoms. The summed E-state index contributed by atoms with van der Waals surface area (Å²) in [5.74, 6) is -4.96. The number of allylic oxidation sites excluding steroid dienone is 6. The molecule has 2 aromatic rings. The highest BCUT2D eigenvalue weighted by Crippen LogP contribution is 2.44. The van der Waals surface area contributed by atoms with Crippen molar-refractivity contribution in [2.24, 2.45) is 11.8 Å². The number of ether oxygens (including phenoxy) is 2. The predicted molar refractivity (Wildman–Crippen MR) is 151 cm³/mol. The van der Waals surface area contributed by atoms with Crippen LogP contribution in [0.3, 0.4) is 0 Å². The van der Waals surface area contributed by atoms with E-state index in [1.54, 1.807) is 13.8 Å². The molecule has 2 atom stereocenters. The molecule has 0 radical (unpaired) electrons. The number of benzene rings is 2. The Morgan fingerprint density at radius 1 is 0.872 bits per heavy atom. The normalized spacial score (nSPS) is 18.5. The van der Waals surface area contributed by atoms with Crippen molar-refractivity contribution >= 4 is 31.0 Å². The summed E-state index contributed by atoms with van der Waals surface area (Å²) in [6.07, 6.45) is 4.70. The van der Waals surface area contributed by atoms with E-state index in [1.165, 1.54) is 31.4 Å². The first-order valence-electron chi connectivity index (χ1n) is 13.2. The van der Waals surface area contributed by atoms with Crippen molar-refractivity contribution in [3.63, 3.8) is 0 Å². The van der Waals surface area contributed by atoms with E-state index in [9.17, 15) is 57.1 Å². The van der Waals surface area contributed by atoms with Gasteiger partial charge in [0.2, 0.25) is 0 Å². The third-order valence-corrected chi connectivity index (χ3v) is 8.62. The average molecular weight is 723 g/mol. The Balaban J connectivity index is 0.000000257. The SMILES string of the molecule is CCC1C(F)=CC=C2C=C(O)C=C(OS(=O)(=O)C(F)(F)F)C21.CCc1c(F)ccc2cc(OCOC)cc(OS(=O)(=O)C(F)(F)F)c12. The topological polar surface area (TPSA) is 125 Å². The second-order valence-electron chi connectivity index (χ2n) is 9.74. The molecule has 2 aliphatic rings. The number of rotatable bonds is 9. The molecule has 2 aliphatic carbocycles. The molecule has 260 valence electrons. The number of methoxy groups -OCH3 is 1. The van der Waals surface area contributed by atoms with Gasteiger partial charge in [-0.05, 0) is 53.6 Å². The van der Waals surface area contributed by atoms with Crippen LogP contribution in [0.5, 0.6) is 11.5 Å².